The van der Waals surface area contributed by atoms with Gasteiger partial charge in [0, 0.05) is 38.7 Å². The van der Waals surface area contributed by atoms with Gasteiger partial charge in [0.15, 0.2) is 5.13 Å². The second-order valence-electron chi connectivity index (χ2n) is 4.98. The smallest absolute Gasteiger partial charge is 0.185 e. The van der Waals surface area contributed by atoms with E-state index in [1.807, 2.05) is 0 Å². The molecule has 1 aromatic rings. The average molecular weight is 269 g/mol. The number of aromatic nitrogens is 1. The van der Waals surface area contributed by atoms with Crippen molar-refractivity contribution in [2.24, 2.45) is 5.92 Å². The molecular formula is C13H23N3OS. The molecule has 2 heterocycles. The summed E-state index contributed by atoms with van der Waals surface area (Å²) >= 11 is 1.77. The molecule has 18 heavy (non-hydrogen) atoms. The molecule has 0 spiro atoms. The number of thiazole rings is 1. The Balaban J connectivity index is 1.81. The van der Waals surface area contributed by atoms with E-state index in [1.54, 1.807) is 18.4 Å². The molecule has 1 atom stereocenters. The van der Waals surface area contributed by atoms with E-state index < -0.39 is 0 Å². The number of ether oxygens (including phenoxy) is 1. The van der Waals surface area contributed by atoms with E-state index in [1.165, 1.54) is 18.0 Å². The number of rotatable bonds is 6. The van der Waals surface area contributed by atoms with E-state index in [9.17, 15) is 0 Å². The maximum absolute atomic E-state index is 5.00. The van der Waals surface area contributed by atoms with Gasteiger partial charge in [-0.1, -0.05) is 6.92 Å². The van der Waals surface area contributed by atoms with Crippen molar-refractivity contribution in [1.29, 1.82) is 0 Å². The average Bonchev–Trinajstić information content (AvgIpc) is 2.83. The molecule has 5 heteroatoms. The van der Waals surface area contributed by atoms with Gasteiger partial charge in [-0.15, -0.1) is 11.3 Å². The highest BCUT2D eigenvalue weighted by molar-refractivity contribution is 7.13. The Morgan fingerprint density at radius 2 is 2.50 bits per heavy atom. The number of nitrogens with zero attached hydrogens (tertiary/aromatic N) is 2. The van der Waals surface area contributed by atoms with E-state index in [4.69, 9.17) is 9.72 Å². The third-order valence-electron chi connectivity index (χ3n) is 3.26. The van der Waals surface area contributed by atoms with Crippen LogP contribution >= 0.6 is 11.3 Å². The predicted molar refractivity (Wildman–Crippen MR) is 76.3 cm³/mol. The van der Waals surface area contributed by atoms with E-state index in [0.29, 0.717) is 0 Å². The van der Waals surface area contributed by atoms with Crippen LogP contribution in [0.15, 0.2) is 5.38 Å². The molecule has 0 aliphatic carbocycles. The number of nitrogens with one attached hydrogen (secondary N) is 1. The minimum absolute atomic E-state index is 0.751. The fourth-order valence-corrected chi connectivity index (χ4v) is 3.14. The molecule has 1 aromatic heterocycles. The van der Waals surface area contributed by atoms with Crippen LogP contribution in [0.5, 0.6) is 0 Å². The van der Waals surface area contributed by atoms with Gasteiger partial charge in [-0.05, 0) is 18.8 Å². The number of hydrogen-bond acceptors (Lipinski definition) is 5. The largest absolute Gasteiger partial charge is 0.383 e. The van der Waals surface area contributed by atoms with Crippen LogP contribution in [0.3, 0.4) is 0 Å². The van der Waals surface area contributed by atoms with Gasteiger partial charge in [-0.25, -0.2) is 4.98 Å². The van der Waals surface area contributed by atoms with Crippen molar-refractivity contribution >= 4 is 16.5 Å². The normalized spacial score (nSPS) is 20.3. The molecule has 2 rings (SSSR count). The Morgan fingerprint density at radius 1 is 1.61 bits per heavy atom. The minimum Gasteiger partial charge on any atom is -0.383 e. The molecule has 1 aliphatic heterocycles. The molecule has 0 amide bonds. The first-order valence-corrected chi connectivity index (χ1v) is 7.56. The van der Waals surface area contributed by atoms with Gasteiger partial charge in [0.05, 0.1) is 12.3 Å². The number of hydrogen-bond donors (Lipinski definition) is 1. The summed E-state index contributed by atoms with van der Waals surface area (Å²) in [5.41, 5.74) is 1.14. The lowest BCUT2D eigenvalue weighted by molar-refractivity contribution is 0.199. The second-order valence-corrected chi connectivity index (χ2v) is 5.82. The van der Waals surface area contributed by atoms with Gasteiger partial charge in [-0.3, -0.25) is 0 Å². The second kappa shape index (κ2) is 7.07. The SMILES string of the molecule is COCCNCc1csc(N2CCCC(C)C2)n1. The van der Waals surface area contributed by atoms with E-state index in [0.717, 1.165) is 44.4 Å². The first kappa shape index (κ1) is 13.8. The zero-order valence-corrected chi connectivity index (χ0v) is 12.1. The summed E-state index contributed by atoms with van der Waals surface area (Å²) < 4.78 is 5.00. The van der Waals surface area contributed by atoms with Crippen molar-refractivity contribution in [2.75, 3.05) is 38.3 Å². The van der Waals surface area contributed by atoms with Gasteiger partial charge in [0.1, 0.15) is 0 Å². The summed E-state index contributed by atoms with van der Waals surface area (Å²) in [5.74, 6) is 0.797. The van der Waals surface area contributed by atoms with Crippen molar-refractivity contribution < 1.29 is 4.74 Å². The van der Waals surface area contributed by atoms with Crippen LogP contribution in [0.2, 0.25) is 0 Å². The molecule has 0 radical (unpaired) electrons. The molecule has 1 fully saturated rings. The van der Waals surface area contributed by atoms with Crippen LogP contribution in [-0.4, -0.2) is 38.3 Å². The van der Waals surface area contributed by atoms with Crippen molar-refractivity contribution in [1.82, 2.24) is 10.3 Å². The molecule has 4 nitrogen and oxygen atoms in total. The standard InChI is InChI=1S/C13H23N3OS/c1-11-4-3-6-16(9-11)13-15-12(10-18-13)8-14-5-7-17-2/h10-11,14H,3-9H2,1-2H3. The summed E-state index contributed by atoms with van der Waals surface area (Å²) in [6, 6.07) is 0. The van der Waals surface area contributed by atoms with Crippen molar-refractivity contribution in [3.05, 3.63) is 11.1 Å². The Labute approximate surface area is 113 Å². The zero-order valence-electron chi connectivity index (χ0n) is 11.3. The van der Waals surface area contributed by atoms with E-state index >= 15 is 0 Å². The van der Waals surface area contributed by atoms with Crippen molar-refractivity contribution in [3.8, 4) is 0 Å². The lowest BCUT2D eigenvalue weighted by Gasteiger charge is -2.30. The fraction of sp³-hybridized carbons (Fsp3) is 0.769. The molecule has 1 N–H and O–H groups in total. The Kier molecular flexibility index (Phi) is 5.41. The molecular weight excluding hydrogens is 246 g/mol. The predicted octanol–water partition coefficient (Wildman–Crippen LogP) is 2.12. The molecule has 0 aromatic carbocycles. The van der Waals surface area contributed by atoms with Gasteiger partial charge in [0.25, 0.3) is 0 Å². The van der Waals surface area contributed by atoms with Gasteiger partial charge >= 0.3 is 0 Å². The zero-order chi connectivity index (χ0) is 12.8. The van der Waals surface area contributed by atoms with Crippen LogP contribution in [0.4, 0.5) is 5.13 Å². The summed E-state index contributed by atoms with van der Waals surface area (Å²) in [4.78, 5) is 7.14. The molecule has 1 aliphatic rings. The summed E-state index contributed by atoms with van der Waals surface area (Å²) in [5, 5.41) is 6.67. The molecule has 0 saturated carbocycles. The molecule has 102 valence electrons. The lowest BCUT2D eigenvalue weighted by Crippen LogP contribution is -2.34. The highest BCUT2D eigenvalue weighted by Crippen LogP contribution is 2.25. The quantitative estimate of drug-likeness (QED) is 0.803. The molecule has 1 unspecified atom stereocenters. The van der Waals surface area contributed by atoms with Gasteiger partial charge in [-0.2, -0.15) is 0 Å². The van der Waals surface area contributed by atoms with Crippen LogP contribution < -0.4 is 10.2 Å². The van der Waals surface area contributed by atoms with E-state index in [2.05, 4.69) is 22.5 Å². The summed E-state index contributed by atoms with van der Waals surface area (Å²) in [6.45, 7) is 7.11. The summed E-state index contributed by atoms with van der Waals surface area (Å²) in [6.07, 6.45) is 2.65. The Morgan fingerprint density at radius 3 is 3.28 bits per heavy atom. The first-order chi connectivity index (χ1) is 8.79. The minimum atomic E-state index is 0.751. The third-order valence-corrected chi connectivity index (χ3v) is 4.21. The van der Waals surface area contributed by atoms with Crippen LogP contribution in [0.1, 0.15) is 25.5 Å². The highest BCUT2D eigenvalue weighted by atomic mass is 32.1. The monoisotopic (exact) mass is 269 g/mol. The van der Waals surface area contributed by atoms with Crippen molar-refractivity contribution in [3.63, 3.8) is 0 Å². The Bertz CT molecular complexity index is 356. The maximum Gasteiger partial charge on any atom is 0.185 e. The number of piperidine rings is 1. The number of methoxy groups -OCH3 is 1. The third kappa shape index (κ3) is 3.93. The number of anilines is 1. The van der Waals surface area contributed by atoms with E-state index in [-0.39, 0.29) is 0 Å². The van der Waals surface area contributed by atoms with Crippen LogP contribution in [0, 0.1) is 5.92 Å². The van der Waals surface area contributed by atoms with Gasteiger partial charge < -0.3 is 15.0 Å². The highest BCUT2D eigenvalue weighted by Gasteiger charge is 2.18. The Hall–Kier alpha value is -0.650. The first-order valence-electron chi connectivity index (χ1n) is 6.68. The summed E-state index contributed by atoms with van der Waals surface area (Å²) in [7, 11) is 1.72. The lowest BCUT2D eigenvalue weighted by atomic mass is 10.0. The fourth-order valence-electron chi connectivity index (χ4n) is 2.28. The van der Waals surface area contributed by atoms with Crippen LogP contribution in [-0.2, 0) is 11.3 Å². The van der Waals surface area contributed by atoms with Gasteiger partial charge in [0.2, 0.25) is 0 Å². The molecule has 0 bridgehead atoms. The topological polar surface area (TPSA) is 37.4 Å². The maximum atomic E-state index is 5.00. The van der Waals surface area contributed by atoms with Crippen molar-refractivity contribution in [2.45, 2.75) is 26.3 Å². The molecule has 1 saturated heterocycles. The van der Waals surface area contributed by atoms with Crippen LogP contribution in [0.25, 0.3) is 0 Å².